The number of rotatable bonds is 5. The molecule has 7 nitrogen and oxygen atoms in total. The number of hydrogen-bond acceptors (Lipinski definition) is 6. The summed E-state index contributed by atoms with van der Waals surface area (Å²) in [5.41, 5.74) is 7.89. The van der Waals surface area contributed by atoms with E-state index in [2.05, 4.69) is 49.4 Å². The van der Waals surface area contributed by atoms with Crippen LogP contribution in [0, 0.1) is 12.5 Å². The molecule has 35 heavy (non-hydrogen) atoms. The lowest BCUT2D eigenvalue weighted by molar-refractivity contribution is 0.148. The van der Waals surface area contributed by atoms with Crippen molar-refractivity contribution in [2.45, 2.75) is 12.8 Å². The summed E-state index contributed by atoms with van der Waals surface area (Å²) >= 11 is 1.63. The van der Waals surface area contributed by atoms with E-state index in [1.807, 2.05) is 42.3 Å². The van der Waals surface area contributed by atoms with Crippen molar-refractivity contribution in [1.82, 2.24) is 24.3 Å². The Morgan fingerprint density at radius 1 is 1.17 bits per heavy atom. The van der Waals surface area contributed by atoms with E-state index < -0.39 is 0 Å². The van der Waals surface area contributed by atoms with Crippen molar-refractivity contribution in [3.05, 3.63) is 71.9 Å². The van der Waals surface area contributed by atoms with Gasteiger partial charge in [-0.05, 0) is 44.1 Å². The average molecular weight is 481 g/mol. The van der Waals surface area contributed by atoms with Gasteiger partial charge in [-0.15, -0.1) is 11.3 Å². The number of nitrogens with zero attached hydrogens (tertiary/aromatic N) is 6. The second-order valence-corrected chi connectivity index (χ2v) is 9.92. The van der Waals surface area contributed by atoms with E-state index in [4.69, 9.17) is 16.3 Å². The SMILES string of the molecule is [C-]#[N+]c1ccc(-c2nc(OC[C@@H]3CCCN(C)C3)c3cncn3c2-c2ccc3scnc3c2)cc1. The molecule has 1 fully saturated rings. The van der Waals surface area contributed by atoms with Crippen LogP contribution >= 0.6 is 11.3 Å². The zero-order chi connectivity index (χ0) is 23.8. The Balaban J connectivity index is 1.49. The highest BCUT2D eigenvalue weighted by molar-refractivity contribution is 7.16. The zero-order valence-corrected chi connectivity index (χ0v) is 20.2. The number of fused-ring (bicyclic) bond motifs is 2. The summed E-state index contributed by atoms with van der Waals surface area (Å²) in [6, 6.07) is 13.8. The molecule has 0 bridgehead atoms. The Morgan fingerprint density at radius 3 is 2.86 bits per heavy atom. The first-order valence-corrected chi connectivity index (χ1v) is 12.6. The molecule has 2 aromatic carbocycles. The Kier molecular flexibility index (Phi) is 5.64. The predicted molar refractivity (Wildman–Crippen MR) is 139 cm³/mol. The number of imidazole rings is 1. The van der Waals surface area contributed by atoms with Crippen LogP contribution in [0.15, 0.2) is 60.5 Å². The quantitative estimate of drug-likeness (QED) is 0.291. The topological polar surface area (TPSA) is 59.9 Å². The van der Waals surface area contributed by atoms with Crippen molar-refractivity contribution in [3.63, 3.8) is 0 Å². The fraction of sp³-hybridized carbons (Fsp3) is 0.259. The standard InChI is InChI=1S/C27H24N6OS/c1-28-21-8-5-19(6-9-21)25-26(20-7-10-24-22(12-20)30-17-35-24)33-16-29-13-23(33)27(31-25)34-15-18-4-3-11-32(2)14-18/h5-10,12-13,16-18H,3-4,11,14-15H2,2H3/t18-/m1/s1. The van der Waals surface area contributed by atoms with E-state index in [0.717, 1.165) is 57.8 Å². The van der Waals surface area contributed by atoms with Gasteiger partial charge in [-0.1, -0.05) is 30.3 Å². The molecule has 0 radical (unpaired) electrons. The van der Waals surface area contributed by atoms with Crippen LogP contribution < -0.4 is 4.74 Å². The maximum atomic E-state index is 7.31. The van der Waals surface area contributed by atoms with E-state index >= 15 is 0 Å². The number of ether oxygens (including phenoxy) is 1. The fourth-order valence-electron chi connectivity index (χ4n) is 4.85. The van der Waals surface area contributed by atoms with Crippen LogP contribution in [-0.4, -0.2) is 51.0 Å². The molecule has 3 aromatic heterocycles. The number of likely N-dealkylation sites (tertiary alicyclic amines) is 1. The van der Waals surface area contributed by atoms with E-state index in [1.54, 1.807) is 11.3 Å². The molecule has 1 saturated heterocycles. The Morgan fingerprint density at radius 2 is 2.03 bits per heavy atom. The van der Waals surface area contributed by atoms with Crippen LogP contribution in [0.4, 0.5) is 5.69 Å². The minimum Gasteiger partial charge on any atom is -0.476 e. The van der Waals surface area contributed by atoms with Gasteiger partial charge in [0, 0.05) is 18.0 Å². The van der Waals surface area contributed by atoms with Gasteiger partial charge in [0.25, 0.3) is 0 Å². The highest BCUT2D eigenvalue weighted by atomic mass is 32.1. The second-order valence-electron chi connectivity index (χ2n) is 9.04. The lowest BCUT2D eigenvalue weighted by Gasteiger charge is -2.29. The van der Waals surface area contributed by atoms with Crippen LogP contribution in [0.1, 0.15) is 12.8 Å². The summed E-state index contributed by atoms with van der Waals surface area (Å²) in [5.74, 6) is 1.06. The molecule has 0 saturated carbocycles. The number of aromatic nitrogens is 4. The third-order valence-electron chi connectivity index (χ3n) is 6.59. The van der Waals surface area contributed by atoms with E-state index in [1.165, 1.54) is 6.42 Å². The molecule has 0 amide bonds. The summed E-state index contributed by atoms with van der Waals surface area (Å²) in [5, 5.41) is 0. The first-order chi connectivity index (χ1) is 17.2. The molecule has 0 unspecified atom stereocenters. The zero-order valence-electron chi connectivity index (χ0n) is 19.4. The maximum absolute atomic E-state index is 7.31. The molecule has 1 aliphatic heterocycles. The Hall–Kier alpha value is -3.80. The van der Waals surface area contributed by atoms with Gasteiger partial charge in [0.2, 0.25) is 5.88 Å². The number of thiazole rings is 1. The first kappa shape index (κ1) is 21.7. The molecule has 174 valence electrons. The highest BCUT2D eigenvalue weighted by Gasteiger charge is 2.22. The minimum atomic E-state index is 0.478. The molecule has 0 spiro atoms. The number of piperidine rings is 1. The monoisotopic (exact) mass is 480 g/mol. The number of hydrogen-bond donors (Lipinski definition) is 0. The molecular formula is C27H24N6OS. The van der Waals surface area contributed by atoms with Crippen LogP contribution in [0.5, 0.6) is 5.88 Å². The van der Waals surface area contributed by atoms with E-state index in [9.17, 15) is 0 Å². The van der Waals surface area contributed by atoms with Crippen LogP contribution in [-0.2, 0) is 0 Å². The third-order valence-corrected chi connectivity index (χ3v) is 7.40. The molecule has 5 aromatic rings. The van der Waals surface area contributed by atoms with Crippen molar-refractivity contribution in [2.24, 2.45) is 5.92 Å². The Bertz CT molecular complexity index is 1550. The van der Waals surface area contributed by atoms with Crippen molar-refractivity contribution in [3.8, 4) is 28.4 Å². The van der Waals surface area contributed by atoms with Crippen LogP contribution in [0.2, 0.25) is 0 Å². The summed E-state index contributed by atoms with van der Waals surface area (Å²) in [6.07, 6.45) is 5.98. The summed E-state index contributed by atoms with van der Waals surface area (Å²) in [7, 11) is 2.17. The summed E-state index contributed by atoms with van der Waals surface area (Å²) in [6.45, 7) is 10.1. The molecule has 1 aliphatic rings. The van der Waals surface area contributed by atoms with Crippen LogP contribution in [0.3, 0.4) is 0 Å². The molecule has 0 N–H and O–H groups in total. The fourth-order valence-corrected chi connectivity index (χ4v) is 5.50. The lowest BCUT2D eigenvalue weighted by atomic mass is 10.00. The molecule has 8 heteroatoms. The predicted octanol–water partition coefficient (Wildman–Crippen LogP) is 5.94. The lowest BCUT2D eigenvalue weighted by Crippen LogP contribution is -2.34. The summed E-state index contributed by atoms with van der Waals surface area (Å²) < 4.78 is 9.56. The maximum Gasteiger partial charge on any atom is 0.240 e. The van der Waals surface area contributed by atoms with Crippen LogP contribution in [0.25, 0.3) is 43.1 Å². The highest BCUT2D eigenvalue weighted by Crippen LogP contribution is 2.37. The molecule has 4 heterocycles. The molecule has 6 rings (SSSR count). The molecule has 1 atom stereocenters. The average Bonchev–Trinajstić information content (AvgIpc) is 3.56. The van der Waals surface area contributed by atoms with Gasteiger partial charge < -0.3 is 9.64 Å². The second kappa shape index (κ2) is 9.10. The van der Waals surface area contributed by atoms with Gasteiger partial charge in [-0.3, -0.25) is 4.40 Å². The van der Waals surface area contributed by atoms with Gasteiger partial charge in [-0.25, -0.2) is 19.8 Å². The van der Waals surface area contributed by atoms with Gasteiger partial charge in [0.1, 0.15) is 5.52 Å². The largest absolute Gasteiger partial charge is 0.476 e. The van der Waals surface area contributed by atoms with Crippen molar-refractivity contribution < 1.29 is 4.74 Å². The first-order valence-electron chi connectivity index (χ1n) is 11.7. The molecule has 0 aliphatic carbocycles. The summed E-state index contributed by atoms with van der Waals surface area (Å²) in [4.78, 5) is 19.9. The smallest absolute Gasteiger partial charge is 0.240 e. The van der Waals surface area contributed by atoms with Gasteiger partial charge in [0.05, 0.1) is 52.8 Å². The third kappa shape index (κ3) is 4.14. The van der Waals surface area contributed by atoms with Crippen molar-refractivity contribution in [2.75, 3.05) is 26.7 Å². The Labute approximate surface area is 207 Å². The van der Waals surface area contributed by atoms with Gasteiger partial charge in [0.15, 0.2) is 5.69 Å². The van der Waals surface area contributed by atoms with Crippen molar-refractivity contribution in [1.29, 1.82) is 0 Å². The van der Waals surface area contributed by atoms with E-state index in [0.29, 0.717) is 24.1 Å². The van der Waals surface area contributed by atoms with Gasteiger partial charge in [-0.2, -0.15) is 0 Å². The molecular weight excluding hydrogens is 456 g/mol. The normalized spacial score (nSPS) is 16.5. The van der Waals surface area contributed by atoms with E-state index in [-0.39, 0.29) is 0 Å². The van der Waals surface area contributed by atoms with Crippen molar-refractivity contribution >= 4 is 32.8 Å². The van der Waals surface area contributed by atoms with Gasteiger partial charge >= 0.3 is 0 Å². The number of benzene rings is 2. The minimum absolute atomic E-state index is 0.478.